The third kappa shape index (κ3) is 3.34. The minimum Gasteiger partial charge on any atom is -0.467 e. The van der Waals surface area contributed by atoms with Crippen LogP contribution in [0.2, 0.25) is 0 Å². The van der Waals surface area contributed by atoms with Crippen molar-refractivity contribution in [3.63, 3.8) is 0 Å². The summed E-state index contributed by atoms with van der Waals surface area (Å²) in [7, 11) is 0. The van der Waals surface area contributed by atoms with Crippen molar-refractivity contribution in [2.75, 3.05) is 5.32 Å². The molecule has 0 atom stereocenters. The van der Waals surface area contributed by atoms with E-state index in [0.29, 0.717) is 17.2 Å². The largest absolute Gasteiger partial charge is 0.467 e. The van der Waals surface area contributed by atoms with Gasteiger partial charge in [-0.2, -0.15) is 5.26 Å². The van der Waals surface area contributed by atoms with Crippen LogP contribution in [0.5, 0.6) is 0 Å². The Morgan fingerprint density at radius 1 is 1.33 bits per heavy atom. The molecule has 0 aliphatic heterocycles. The third-order valence-corrected chi connectivity index (χ3v) is 2.50. The molecule has 2 rings (SSSR count). The Morgan fingerprint density at radius 3 is 2.94 bits per heavy atom. The first-order valence-corrected chi connectivity index (χ1v) is 5.76. The molecule has 0 aliphatic rings. The molecule has 4 nitrogen and oxygen atoms in total. The summed E-state index contributed by atoms with van der Waals surface area (Å²) in [5.41, 5.74) is 1.37. The van der Waals surface area contributed by atoms with Gasteiger partial charge < -0.3 is 15.1 Å². The van der Waals surface area contributed by atoms with Crippen LogP contribution in [0.15, 0.2) is 47.1 Å². The summed E-state index contributed by atoms with van der Waals surface area (Å²) >= 11 is 5.14. The lowest BCUT2D eigenvalue weighted by Gasteiger charge is -2.09. The molecular weight excluding hydrogens is 246 g/mol. The number of furan rings is 1. The van der Waals surface area contributed by atoms with Crippen LogP contribution in [0.25, 0.3) is 0 Å². The minimum atomic E-state index is 0.487. The van der Waals surface area contributed by atoms with Gasteiger partial charge in [-0.05, 0) is 42.5 Å². The SMILES string of the molecule is N#Cc1cccc(NC(=S)NCc2ccco2)c1. The van der Waals surface area contributed by atoms with Crippen LogP contribution < -0.4 is 10.6 Å². The van der Waals surface area contributed by atoms with Crippen LogP contribution in [0, 0.1) is 11.3 Å². The van der Waals surface area contributed by atoms with Gasteiger partial charge in [0.25, 0.3) is 0 Å². The summed E-state index contributed by atoms with van der Waals surface area (Å²) in [6.07, 6.45) is 1.61. The summed E-state index contributed by atoms with van der Waals surface area (Å²) in [5.74, 6) is 0.810. The molecule has 2 N–H and O–H groups in total. The fourth-order valence-electron chi connectivity index (χ4n) is 1.42. The number of anilines is 1. The maximum absolute atomic E-state index is 8.79. The summed E-state index contributed by atoms with van der Waals surface area (Å²) < 4.78 is 5.18. The van der Waals surface area contributed by atoms with E-state index < -0.39 is 0 Å². The molecule has 0 unspecified atom stereocenters. The van der Waals surface area contributed by atoms with E-state index in [9.17, 15) is 0 Å². The maximum Gasteiger partial charge on any atom is 0.171 e. The van der Waals surface area contributed by atoms with Crippen LogP contribution >= 0.6 is 12.2 Å². The van der Waals surface area contributed by atoms with Crippen molar-refractivity contribution in [2.24, 2.45) is 0 Å². The van der Waals surface area contributed by atoms with Gasteiger partial charge in [0.1, 0.15) is 5.76 Å². The summed E-state index contributed by atoms with van der Waals surface area (Å²) in [4.78, 5) is 0. The van der Waals surface area contributed by atoms with Crippen molar-refractivity contribution < 1.29 is 4.42 Å². The summed E-state index contributed by atoms with van der Waals surface area (Å²) in [5, 5.41) is 15.3. The molecule has 0 spiro atoms. The van der Waals surface area contributed by atoms with Crippen LogP contribution in [-0.2, 0) is 6.54 Å². The van der Waals surface area contributed by atoms with Crippen molar-refractivity contribution in [1.29, 1.82) is 5.26 Å². The van der Waals surface area contributed by atoms with Crippen molar-refractivity contribution >= 4 is 23.0 Å². The second kappa shape index (κ2) is 5.84. The van der Waals surface area contributed by atoms with Crippen LogP contribution in [0.3, 0.4) is 0 Å². The van der Waals surface area contributed by atoms with Crippen LogP contribution in [0.4, 0.5) is 5.69 Å². The predicted molar refractivity (Wildman–Crippen MR) is 72.9 cm³/mol. The number of rotatable bonds is 3. The van der Waals surface area contributed by atoms with Crippen molar-refractivity contribution in [1.82, 2.24) is 5.32 Å². The van der Waals surface area contributed by atoms with Gasteiger partial charge in [0.05, 0.1) is 24.4 Å². The van der Waals surface area contributed by atoms with Gasteiger partial charge >= 0.3 is 0 Å². The minimum absolute atomic E-state index is 0.487. The van der Waals surface area contributed by atoms with Gasteiger partial charge in [-0.25, -0.2) is 0 Å². The van der Waals surface area contributed by atoms with Gasteiger partial charge in [-0.3, -0.25) is 0 Å². The highest BCUT2D eigenvalue weighted by atomic mass is 32.1. The molecule has 0 saturated heterocycles. The predicted octanol–water partition coefficient (Wildman–Crippen LogP) is 2.64. The lowest BCUT2D eigenvalue weighted by atomic mass is 10.2. The van der Waals surface area contributed by atoms with E-state index in [1.54, 1.807) is 24.5 Å². The molecule has 90 valence electrons. The Kier molecular flexibility index (Phi) is 3.94. The summed E-state index contributed by atoms with van der Waals surface area (Å²) in [6, 6.07) is 12.9. The molecule has 2 aromatic rings. The van der Waals surface area contributed by atoms with Crippen LogP contribution in [0.1, 0.15) is 11.3 Å². The van der Waals surface area contributed by atoms with E-state index in [2.05, 4.69) is 16.7 Å². The molecule has 0 radical (unpaired) electrons. The molecule has 1 aromatic heterocycles. The normalized spacial score (nSPS) is 9.50. The molecule has 0 saturated carbocycles. The molecule has 0 fully saturated rings. The van der Waals surface area contributed by atoms with Crippen molar-refractivity contribution in [3.05, 3.63) is 54.0 Å². The van der Waals surface area contributed by atoms with Crippen molar-refractivity contribution in [3.8, 4) is 6.07 Å². The zero-order valence-electron chi connectivity index (χ0n) is 9.51. The first-order valence-electron chi connectivity index (χ1n) is 5.35. The number of nitrogens with one attached hydrogen (secondary N) is 2. The molecule has 0 aliphatic carbocycles. The van der Waals surface area contributed by atoms with Crippen LogP contribution in [-0.4, -0.2) is 5.11 Å². The third-order valence-electron chi connectivity index (χ3n) is 2.25. The van der Waals surface area contributed by atoms with E-state index in [1.807, 2.05) is 18.2 Å². The quantitative estimate of drug-likeness (QED) is 0.828. The molecule has 0 bridgehead atoms. The molecular formula is C13H11N3OS. The number of nitriles is 1. The van der Waals surface area contributed by atoms with Gasteiger partial charge in [0, 0.05) is 5.69 Å². The zero-order valence-corrected chi connectivity index (χ0v) is 10.3. The Labute approximate surface area is 110 Å². The zero-order chi connectivity index (χ0) is 12.8. The van der Waals surface area contributed by atoms with E-state index >= 15 is 0 Å². The lowest BCUT2D eigenvalue weighted by Crippen LogP contribution is -2.27. The Morgan fingerprint density at radius 2 is 2.22 bits per heavy atom. The highest BCUT2D eigenvalue weighted by molar-refractivity contribution is 7.80. The molecule has 1 aromatic carbocycles. The van der Waals surface area contributed by atoms with Gasteiger partial charge in [-0.1, -0.05) is 6.07 Å². The number of thiocarbonyl (C=S) groups is 1. The number of nitrogens with zero attached hydrogens (tertiary/aromatic N) is 1. The second-order valence-corrected chi connectivity index (χ2v) is 3.99. The number of hydrogen-bond acceptors (Lipinski definition) is 3. The molecule has 1 heterocycles. The monoisotopic (exact) mass is 257 g/mol. The summed E-state index contributed by atoms with van der Waals surface area (Å²) in [6.45, 7) is 0.525. The Bertz CT molecular complexity index is 572. The van der Waals surface area contributed by atoms with Gasteiger partial charge in [0.15, 0.2) is 5.11 Å². The molecule has 0 amide bonds. The van der Waals surface area contributed by atoms with E-state index in [4.69, 9.17) is 21.9 Å². The van der Waals surface area contributed by atoms with Gasteiger partial charge in [-0.15, -0.1) is 0 Å². The van der Waals surface area contributed by atoms with Crippen molar-refractivity contribution in [2.45, 2.75) is 6.54 Å². The lowest BCUT2D eigenvalue weighted by molar-refractivity contribution is 0.503. The number of hydrogen-bond donors (Lipinski definition) is 2. The Balaban J connectivity index is 1.89. The molecule has 18 heavy (non-hydrogen) atoms. The van der Waals surface area contributed by atoms with E-state index in [0.717, 1.165) is 11.4 Å². The smallest absolute Gasteiger partial charge is 0.171 e. The van der Waals surface area contributed by atoms with E-state index in [-0.39, 0.29) is 0 Å². The second-order valence-electron chi connectivity index (χ2n) is 3.58. The topological polar surface area (TPSA) is 61.0 Å². The highest BCUT2D eigenvalue weighted by Crippen LogP contribution is 2.09. The fraction of sp³-hybridized carbons (Fsp3) is 0.0769. The van der Waals surface area contributed by atoms with E-state index in [1.165, 1.54) is 0 Å². The highest BCUT2D eigenvalue weighted by Gasteiger charge is 2.00. The first kappa shape index (κ1) is 12.1. The number of benzene rings is 1. The average molecular weight is 257 g/mol. The fourth-order valence-corrected chi connectivity index (χ4v) is 1.61. The maximum atomic E-state index is 8.79. The standard InChI is InChI=1S/C13H11N3OS/c14-8-10-3-1-4-11(7-10)16-13(18)15-9-12-5-2-6-17-12/h1-7H,9H2,(H2,15,16,18). The molecule has 5 heteroatoms. The Hall–Kier alpha value is -2.32. The average Bonchev–Trinajstić information content (AvgIpc) is 2.90. The van der Waals surface area contributed by atoms with Gasteiger partial charge in [0.2, 0.25) is 0 Å². The first-order chi connectivity index (χ1) is 8.78.